The van der Waals surface area contributed by atoms with E-state index in [1.54, 1.807) is 12.5 Å². The number of amides is 1. The minimum atomic E-state index is -0.322. The number of aromatic nitrogens is 3. The molecule has 0 radical (unpaired) electrons. The third kappa shape index (κ3) is 3.06. The molecule has 1 atom stereocenters. The van der Waals surface area contributed by atoms with Gasteiger partial charge in [0, 0.05) is 36.6 Å². The molecule has 28 heavy (non-hydrogen) atoms. The Labute approximate surface area is 162 Å². The Morgan fingerprint density at radius 3 is 2.89 bits per heavy atom. The van der Waals surface area contributed by atoms with Crippen LogP contribution in [-0.4, -0.2) is 56.1 Å². The minimum absolute atomic E-state index is 0.0467. The molecule has 2 fully saturated rings. The number of hydrogen-bond donors (Lipinski definition) is 1. The van der Waals surface area contributed by atoms with E-state index in [0.29, 0.717) is 32.5 Å². The molecule has 1 aliphatic carbocycles. The van der Waals surface area contributed by atoms with Crippen molar-refractivity contribution >= 4 is 11.4 Å². The first kappa shape index (κ1) is 17.3. The van der Waals surface area contributed by atoms with Gasteiger partial charge in [-0.2, -0.15) is 0 Å². The Bertz CT molecular complexity index is 997. The first-order chi connectivity index (χ1) is 13.7. The van der Waals surface area contributed by atoms with Gasteiger partial charge in [0.15, 0.2) is 0 Å². The van der Waals surface area contributed by atoms with Gasteiger partial charge in [0.2, 0.25) is 5.91 Å². The maximum atomic E-state index is 12.6. The highest BCUT2D eigenvalue weighted by Crippen LogP contribution is 2.32. The van der Waals surface area contributed by atoms with Gasteiger partial charge in [0.1, 0.15) is 6.10 Å². The third-order valence-corrected chi connectivity index (χ3v) is 5.70. The van der Waals surface area contributed by atoms with Crippen molar-refractivity contribution in [3.63, 3.8) is 0 Å². The normalized spacial score (nSPS) is 24.9. The van der Waals surface area contributed by atoms with Crippen LogP contribution in [0, 0.1) is 5.92 Å². The van der Waals surface area contributed by atoms with Crippen LogP contribution in [0.25, 0.3) is 16.6 Å². The smallest absolute Gasteiger partial charge is 0.226 e. The van der Waals surface area contributed by atoms with Gasteiger partial charge in [-0.25, -0.2) is 4.98 Å². The van der Waals surface area contributed by atoms with Crippen LogP contribution in [0.4, 0.5) is 0 Å². The van der Waals surface area contributed by atoms with E-state index >= 15 is 0 Å². The van der Waals surface area contributed by atoms with E-state index in [1.807, 2.05) is 39.9 Å². The number of aliphatic hydroxyl groups excluding tert-OH is 1. The molecule has 7 nitrogen and oxygen atoms in total. The Morgan fingerprint density at radius 1 is 1.21 bits per heavy atom. The topological polar surface area (TPSA) is 80.0 Å². The second-order valence-corrected chi connectivity index (χ2v) is 7.55. The molecule has 1 saturated carbocycles. The quantitative estimate of drug-likeness (QED) is 0.755. The number of aliphatic hydroxyl groups is 1. The maximum absolute atomic E-state index is 12.6. The van der Waals surface area contributed by atoms with Crippen molar-refractivity contribution in [1.82, 2.24) is 19.3 Å². The molecule has 1 saturated heterocycles. The number of carbonyl (C=O) groups is 1. The van der Waals surface area contributed by atoms with Crippen molar-refractivity contribution < 1.29 is 14.6 Å². The molecule has 1 aliphatic heterocycles. The van der Waals surface area contributed by atoms with Gasteiger partial charge >= 0.3 is 0 Å². The summed E-state index contributed by atoms with van der Waals surface area (Å²) in [5, 5.41) is 9.48. The number of pyridine rings is 2. The highest BCUT2D eigenvalue weighted by Gasteiger charge is 2.38. The van der Waals surface area contributed by atoms with Crippen molar-refractivity contribution in [3.05, 3.63) is 54.9 Å². The summed E-state index contributed by atoms with van der Waals surface area (Å²) in [4.78, 5) is 23.3. The summed E-state index contributed by atoms with van der Waals surface area (Å²) in [5.74, 6) is 0.0792. The Balaban J connectivity index is 1.37. The number of hydrogen-bond acceptors (Lipinski definition) is 5. The van der Waals surface area contributed by atoms with Crippen LogP contribution < -0.4 is 0 Å². The average Bonchev–Trinajstić information content (AvgIpc) is 3.15. The van der Waals surface area contributed by atoms with Crippen molar-refractivity contribution in [2.75, 3.05) is 19.7 Å². The summed E-state index contributed by atoms with van der Waals surface area (Å²) in [5.41, 5.74) is 3.94. The van der Waals surface area contributed by atoms with E-state index in [0.717, 1.165) is 22.3 Å². The zero-order chi connectivity index (χ0) is 19.1. The van der Waals surface area contributed by atoms with Crippen LogP contribution in [0.2, 0.25) is 0 Å². The van der Waals surface area contributed by atoms with Crippen molar-refractivity contribution in [2.24, 2.45) is 5.92 Å². The molecule has 0 aromatic carbocycles. The predicted molar refractivity (Wildman–Crippen MR) is 102 cm³/mol. The number of morpholine rings is 1. The van der Waals surface area contributed by atoms with Crippen molar-refractivity contribution in [3.8, 4) is 11.1 Å². The van der Waals surface area contributed by atoms with Gasteiger partial charge in [0.25, 0.3) is 0 Å². The highest BCUT2D eigenvalue weighted by atomic mass is 16.5. The lowest BCUT2D eigenvalue weighted by Crippen LogP contribution is -2.48. The Hall–Kier alpha value is -2.77. The van der Waals surface area contributed by atoms with Gasteiger partial charge in [-0.15, -0.1) is 0 Å². The van der Waals surface area contributed by atoms with Crippen LogP contribution in [0.5, 0.6) is 0 Å². The van der Waals surface area contributed by atoms with Crippen molar-refractivity contribution in [2.45, 2.75) is 25.0 Å². The third-order valence-electron chi connectivity index (χ3n) is 5.70. The van der Waals surface area contributed by atoms with Crippen LogP contribution >= 0.6 is 0 Å². The van der Waals surface area contributed by atoms with Gasteiger partial charge in [-0.05, 0) is 30.5 Å². The monoisotopic (exact) mass is 378 g/mol. The van der Waals surface area contributed by atoms with E-state index in [-0.39, 0.29) is 24.0 Å². The molecular formula is C21H22N4O3. The molecule has 3 aromatic heterocycles. The molecule has 1 unspecified atom stereocenters. The average molecular weight is 378 g/mol. The standard InChI is InChI=1S/C21H22N4O3/c26-17-8-16(9-17)21(27)24-6-7-28-19(12-24)20-18-4-3-15(11-25(18)13-23-20)14-2-1-5-22-10-14/h1-5,10-11,13,16-17,19,26H,6-9,12H2. The fourth-order valence-electron chi connectivity index (χ4n) is 4.04. The lowest BCUT2D eigenvalue weighted by molar-refractivity contribution is -0.150. The molecule has 7 heteroatoms. The van der Waals surface area contributed by atoms with Crippen LogP contribution in [0.1, 0.15) is 24.6 Å². The molecule has 0 spiro atoms. The zero-order valence-corrected chi connectivity index (χ0v) is 15.4. The molecule has 3 aromatic rings. The molecule has 1 N–H and O–H groups in total. The van der Waals surface area contributed by atoms with E-state index < -0.39 is 0 Å². The lowest BCUT2D eigenvalue weighted by Gasteiger charge is -2.38. The van der Waals surface area contributed by atoms with Gasteiger partial charge in [-0.3, -0.25) is 9.78 Å². The molecule has 144 valence electrons. The number of fused-ring (bicyclic) bond motifs is 1. The highest BCUT2D eigenvalue weighted by molar-refractivity contribution is 5.80. The van der Waals surface area contributed by atoms with Crippen molar-refractivity contribution in [1.29, 1.82) is 0 Å². The zero-order valence-electron chi connectivity index (χ0n) is 15.4. The summed E-state index contributed by atoms with van der Waals surface area (Å²) in [6, 6.07) is 8.04. The molecule has 4 heterocycles. The van der Waals surface area contributed by atoms with Gasteiger partial charge < -0.3 is 19.1 Å². The second-order valence-electron chi connectivity index (χ2n) is 7.55. The summed E-state index contributed by atoms with van der Waals surface area (Å²) < 4.78 is 7.94. The number of ether oxygens (including phenoxy) is 1. The number of rotatable bonds is 3. The minimum Gasteiger partial charge on any atom is -0.393 e. The summed E-state index contributed by atoms with van der Waals surface area (Å²) in [6.07, 6.45) is 8.01. The van der Waals surface area contributed by atoms with Gasteiger partial charge in [0.05, 0.1) is 36.8 Å². The molecule has 1 amide bonds. The second kappa shape index (κ2) is 7.00. The van der Waals surface area contributed by atoms with E-state index in [2.05, 4.69) is 16.0 Å². The van der Waals surface area contributed by atoms with E-state index in [9.17, 15) is 9.90 Å². The summed E-state index contributed by atoms with van der Waals surface area (Å²) in [7, 11) is 0. The molecule has 2 aliphatic rings. The Kier molecular flexibility index (Phi) is 4.33. The summed E-state index contributed by atoms with van der Waals surface area (Å²) in [6.45, 7) is 1.60. The molecular weight excluding hydrogens is 356 g/mol. The van der Waals surface area contributed by atoms with Crippen LogP contribution in [0.15, 0.2) is 49.2 Å². The predicted octanol–water partition coefficient (Wildman–Crippen LogP) is 2.07. The number of imidazole rings is 1. The Morgan fingerprint density at radius 2 is 2.11 bits per heavy atom. The molecule has 5 rings (SSSR count). The van der Waals surface area contributed by atoms with Crippen LogP contribution in [0.3, 0.4) is 0 Å². The lowest BCUT2D eigenvalue weighted by atomic mass is 9.81. The van der Waals surface area contributed by atoms with E-state index in [4.69, 9.17) is 4.74 Å². The first-order valence-electron chi connectivity index (χ1n) is 9.64. The fraction of sp³-hybridized carbons (Fsp3) is 0.381. The number of nitrogens with zero attached hydrogens (tertiary/aromatic N) is 4. The van der Waals surface area contributed by atoms with Gasteiger partial charge in [-0.1, -0.05) is 12.1 Å². The molecule has 0 bridgehead atoms. The maximum Gasteiger partial charge on any atom is 0.226 e. The van der Waals surface area contributed by atoms with Crippen LogP contribution in [-0.2, 0) is 9.53 Å². The fourth-order valence-corrected chi connectivity index (χ4v) is 4.04. The number of carbonyl (C=O) groups excluding carboxylic acids is 1. The first-order valence-corrected chi connectivity index (χ1v) is 9.64. The largest absolute Gasteiger partial charge is 0.393 e. The van der Waals surface area contributed by atoms with E-state index in [1.165, 1.54) is 0 Å². The SMILES string of the molecule is O=C(C1CC(O)C1)N1CCOC(c2ncn3cc(-c4cccnc4)ccc23)C1. The summed E-state index contributed by atoms with van der Waals surface area (Å²) >= 11 is 0.